The van der Waals surface area contributed by atoms with E-state index in [-0.39, 0.29) is 11.3 Å². The topological polar surface area (TPSA) is 46.8 Å². The summed E-state index contributed by atoms with van der Waals surface area (Å²) in [4.78, 5) is 18.6. The first kappa shape index (κ1) is 18.3. The number of benzene rings is 1. The van der Waals surface area contributed by atoms with Gasteiger partial charge in [-0.15, -0.1) is 0 Å². The molecule has 26 heavy (non-hydrogen) atoms. The molecule has 0 amide bonds. The van der Waals surface area contributed by atoms with Crippen LogP contribution in [0.4, 0.5) is 8.78 Å². The molecule has 0 aliphatic heterocycles. The first-order valence-corrected chi connectivity index (χ1v) is 8.18. The number of hydrogen-bond acceptors (Lipinski definition) is 4. The summed E-state index contributed by atoms with van der Waals surface area (Å²) in [6, 6.07) is 11.3. The first-order valence-electron chi connectivity index (χ1n) is 7.81. The van der Waals surface area contributed by atoms with Crippen molar-refractivity contribution in [3.63, 3.8) is 0 Å². The van der Waals surface area contributed by atoms with Gasteiger partial charge in [-0.05, 0) is 36.9 Å². The normalized spacial score (nSPS) is 11.5. The number of nitrogens with zero attached hydrogens (tertiary/aromatic N) is 3. The van der Waals surface area contributed by atoms with Gasteiger partial charge in [0, 0.05) is 25.4 Å². The SMILES string of the molecule is CN(Cc1ccc(OC(F)F)cc1)Cc1cc(=O)n2cc(Cl)ccc2n1. The quantitative estimate of drug-likeness (QED) is 0.656. The lowest BCUT2D eigenvalue weighted by atomic mass is 10.2. The molecule has 2 heterocycles. The Morgan fingerprint density at radius 1 is 1.19 bits per heavy atom. The zero-order valence-electron chi connectivity index (χ0n) is 13.9. The molecule has 0 fully saturated rings. The molecule has 8 heteroatoms. The molecule has 0 aliphatic carbocycles. The minimum Gasteiger partial charge on any atom is -0.435 e. The lowest BCUT2D eigenvalue weighted by Crippen LogP contribution is -2.21. The van der Waals surface area contributed by atoms with E-state index in [2.05, 4.69) is 9.72 Å². The molecule has 0 bridgehead atoms. The van der Waals surface area contributed by atoms with Crippen molar-refractivity contribution in [1.82, 2.24) is 14.3 Å². The molecule has 2 aromatic heterocycles. The molecular weight excluding hydrogens is 364 g/mol. The molecule has 0 atom stereocenters. The van der Waals surface area contributed by atoms with Gasteiger partial charge in [-0.3, -0.25) is 14.1 Å². The minimum absolute atomic E-state index is 0.120. The van der Waals surface area contributed by atoms with Crippen molar-refractivity contribution in [2.45, 2.75) is 19.7 Å². The van der Waals surface area contributed by atoms with Crippen molar-refractivity contribution in [1.29, 1.82) is 0 Å². The molecule has 3 aromatic rings. The van der Waals surface area contributed by atoms with Gasteiger partial charge in [0.1, 0.15) is 11.4 Å². The predicted molar refractivity (Wildman–Crippen MR) is 94.7 cm³/mol. The maximum Gasteiger partial charge on any atom is 0.387 e. The number of aromatic nitrogens is 2. The number of fused-ring (bicyclic) bond motifs is 1. The van der Waals surface area contributed by atoms with Gasteiger partial charge >= 0.3 is 6.61 Å². The highest BCUT2D eigenvalue weighted by atomic mass is 35.5. The maximum absolute atomic E-state index is 12.2. The van der Waals surface area contributed by atoms with E-state index in [1.54, 1.807) is 24.3 Å². The van der Waals surface area contributed by atoms with Gasteiger partial charge in [0.05, 0.1) is 10.7 Å². The number of alkyl halides is 2. The molecular formula is C18H16ClF2N3O2. The third-order valence-corrected chi connectivity index (χ3v) is 3.93. The third kappa shape index (κ3) is 4.56. The Morgan fingerprint density at radius 2 is 1.92 bits per heavy atom. The Morgan fingerprint density at radius 3 is 2.62 bits per heavy atom. The smallest absolute Gasteiger partial charge is 0.387 e. The van der Waals surface area contributed by atoms with Crippen LogP contribution in [0.3, 0.4) is 0 Å². The van der Waals surface area contributed by atoms with E-state index in [4.69, 9.17) is 11.6 Å². The Labute approximate surface area is 153 Å². The van der Waals surface area contributed by atoms with Gasteiger partial charge in [0.15, 0.2) is 0 Å². The van der Waals surface area contributed by atoms with E-state index in [0.717, 1.165) is 5.56 Å². The zero-order chi connectivity index (χ0) is 18.7. The molecule has 0 unspecified atom stereocenters. The number of halogens is 3. The fraction of sp³-hybridized carbons (Fsp3) is 0.222. The van der Waals surface area contributed by atoms with E-state index < -0.39 is 6.61 Å². The molecule has 0 radical (unpaired) electrons. The van der Waals surface area contributed by atoms with Crippen LogP contribution in [0.5, 0.6) is 5.75 Å². The third-order valence-electron chi connectivity index (χ3n) is 3.71. The summed E-state index contributed by atoms with van der Waals surface area (Å²) in [6.07, 6.45) is 1.53. The van der Waals surface area contributed by atoms with Gasteiger partial charge in [-0.25, -0.2) is 4.98 Å². The van der Waals surface area contributed by atoms with Gasteiger partial charge in [-0.2, -0.15) is 8.78 Å². The second-order valence-electron chi connectivity index (χ2n) is 5.86. The highest BCUT2D eigenvalue weighted by Gasteiger charge is 2.08. The second kappa shape index (κ2) is 7.80. The van der Waals surface area contributed by atoms with Crippen molar-refractivity contribution < 1.29 is 13.5 Å². The highest BCUT2D eigenvalue weighted by molar-refractivity contribution is 6.30. The monoisotopic (exact) mass is 379 g/mol. The summed E-state index contributed by atoms with van der Waals surface area (Å²) in [7, 11) is 1.88. The Kier molecular flexibility index (Phi) is 5.49. The molecule has 0 saturated heterocycles. The van der Waals surface area contributed by atoms with Crippen molar-refractivity contribution in [2.24, 2.45) is 0 Å². The molecule has 3 rings (SSSR count). The number of pyridine rings is 1. The largest absolute Gasteiger partial charge is 0.435 e. The van der Waals surface area contributed by atoms with Gasteiger partial charge in [0.25, 0.3) is 5.56 Å². The molecule has 136 valence electrons. The Balaban J connectivity index is 1.70. The molecule has 0 saturated carbocycles. The lowest BCUT2D eigenvalue weighted by Gasteiger charge is -2.17. The summed E-state index contributed by atoms with van der Waals surface area (Å²) in [5.74, 6) is 0.120. The number of hydrogen-bond donors (Lipinski definition) is 0. The minimum atomic E-state index is -2.84. The first-order chi connectivity index (χ1) is 12.4. The lowest BCUT2D eigenvalue weighted by molar-refractivity contribution is -0.0498. The predicted octanol–water partition coefficient (Wildman–Crippen LogP) is 3.58. The summed E-state index contributed by atoms with van der Waals surface area (Å²) in [6.45, 7) is -1.81. The average Bonchev–Trinajstić information content (AvgIpc) is 2.57. The molecule has 0 spiro atoms. The Bertz CT molecular complexity index is 961. The number of rotatable bonds is 6. The van der Waals surface area contributed by atoms with Crippen LogP contribution in [0, 0.1) is 0 Å². The van der Waals surface area contributed by atoms with Crippen LogP contribution >= 0.6 is 11.6 Å². The van der Waals surface area contributed by atoms with Crippen molar-refractivity contribution in [2.75, 3.05) is 7.05 Å². The zero-order valence-corrected chi connectivity index (χ0v) is 14.7. The van der Waals surface area contributed by atoms with Gasteiger partial charge in [0.2, 0.25) is 0 Å². The molecule has 0 N–H and O–H groups in total. The fourth-order valence-electron chi connectivity index (χ4n) is 2.63. The van der Waals surface area contributed by atoms with Crippen LogP contribution in [0.15, 0.2) is 53.5 Å². The summed E-state index contributed by atoms with van der Waals surface area (Å²) >= 11 is 5.90. The Hall–Kier alpha value is -2.51. The second-order valence-corrected chi connectivity index (χ2v) is 6.29. The van der Waals surface area contributed by atoms with Crippen LogP contribution in [-0.2, 0) is 13.1 Å². The van der Waals surface area contributed by atoms with Crippen molar-refractivity contribution >= 4 is 17.2 Å². The van der Waals surface area contributed by atoms with E-state index in [9.17, 15) is 13.6 Å². The highest BCUT2D eigenvalue weighted by Crippen LogP contribution is 2.16. The van der Waals surface area contributed by atoms with E-state index in [0.29, 0.717) is 29.5 Å². The van der Waals surface area contributed by atoms with Gasteiger partial charge < -0.3 is 4.74 Å². The molecule has 5 nitrogen and oxygen atoms in total. The standard InChI is InChI=1S/C18H16ClF2N3O2/c1-23(9-12-2-5-15(6-3-12)26-18(20)21)11-14-8-17(25)24-10-13(19)4-7-16(24)22-14/h2-8,10,18H,9,11H2,1H3. The molecule has 0 aliphatic rings. The fourth-order valence-corrected chi connectivity index (χ4v) is 2.79. The van der Waals surface area contributed by atoms with Crippen LogP contribution in [-0.4, -0.2) is 27.9 Å². The maximum atomic E-state index is 12.2. The summed E-state index contributed by atoms with van der Waals surface area (Å²) in [5, 5.41) is 0.463. The van der Waals surface area contributed by atoms with E-state index in [1.807, 2.05) is 11.9 Å². The number of ether oxygens (including phenoxy) is 1. The summed E-state index contributed by atoms with van der Waals surface area (Å²) in [5.41, 5.74) is 1.89. The summed E-state index contributed by atoms with van der Waals surface area (Å²) < 4.78 is 30.1. The van der Waals surface area contributed by atoms with Crippen LogP contribution in [0.25, 0.3) is 5.65 Å². The van der Waals surface area contributed by atoms with Crippen LogP contribution < -0.4 is 10.3 Å². The van der Waals surface area contributed by atoms with E-state index >= 15 is 0 Å². The van der Waals surface area contributed by atoms with Gasteiger partial charge in [-0.1, -0.05) is 23.7 Å². The average molecular weight is 380 g/mol. The van der Waals surface area contributed by atoms with Crippen LogP contribution in [0.2, 0.25) is 5.02 Å². The van der Waals surface area contributed by atoms with Crippen molar-refractivity contribution in [3.05, 3.63) is 75.3 Å². The van der Waals surface area contributed by atoms with E-state index in [1.165, 1.54) is 28.8 Å². The molecule has 1 aromatic carbocycles. The van der Waals surface area contributed by atoms with Crippen LogP contribution in [0.1, 0.15) is 11.3 Å². The van der Waals surface area contributed by atoms with Crippen molar-refractivity contribution in [3.8, 4) is 5.75 Å².